The molecule has 1 aliphatic heterocycles. The van der Waals surface area contributed by atoms with E-state index < -0.39 is 0 Å². The molecule has 3 heteroatoms. The topological polar surface area (TPSA) is 44.5 Å². The Balaban J connectivity index is 1.78. The van der Waals surface area contributed by atoms with Crippen LogP contribution in [0.4, 0.5) is 0 Å². The van der Waals surface area contributed by atoms with Crippen LogP contribution in [0.1, 0.15) is 17.2 Å². The van der Waals surface area contributed by atoms with Crippen LogP contribution in [-0.4, -0.2) is 13.2 Å². The lowest BCUT2D eigenvalue weighted by molar-refractivity contribution is 0.171. The van der Waals surface area contributed by atoms with E-state index in [9.17, 15) is 0 Å². The number of fused-ring (bicyclic) bond motifs is 1. The summed E-state index contributed by atoms with van der Waals surface area (Å²) >= 11 is 0. The first-order valence-electron chi connectivity index (χ1n) is 6.52. The molecule has 1 atom stereocenters. The van der Waals surface area contributed by atoms with Crippen LogP contribution in [0.2, 0.25) is 0 Å². The van der Waals surface area contributed by atoms with Gasteiger partial charge in [0.1, 0.15) is 13.2 Å². The van der Waals surface area contributed by atoms with Gasteiger partial charge in [0.15, 0.2) is 11.5 Å². The van der Waals surface area contributed by atoms with E-state index >= 15 is 0 Å². The maximum atomic E-state index is 6.26. The summed E-state index contributed by atoms with van der Waals surface area (Å²) in [6, 6.07) is 16.2. The predicted octanol–water partition coefficient (Wildman–Crippen LogP) is 2.70. The SMILES string of the molecule is N[C@@H](Cc1ccccc1)c1ccc2c(c1)OCCO2. The summed E-state index contributed by atoms with van der Waals surface area (Å²) in [7, 11) is 0. The summed E-state index contributed by atoms with van der Waals surface area (Å²) in [5.41, 5.74) is 8.58. The van der Waals surface area contributed by atoms with Gasteiger partial charge < -0.3 is 15.2 Å². The highest BCUT2D eigenvalue weighted by atomic mass is 16.6. The maximum absolute atomic E-state index is 6.26. The molecule has 1 heterocycles. The van der Waals surface area contributed by atoms with E-state index in [0.717, 1.165) is 23.5 Å². The van der Waals surface area contributed by atoms with Gasteiger partial charge in [-0.2, -0.15) is 0 Å². The first-order valence-corrected chi connectivity index (χ1v) is 6.52. The van der Waals surface area contributed by atoms with Gasteiger partial charge in [-0.25, -0.2) is 0 Å². The van der Waals surface area contributed by atoms with Gasteiger partial charge in [0.25, 0.3) is 0 Å². The third-order valence-electron chi connectivity index (χ3n) is 3.29. The van der Waals surface area contributed by atoms with Crippen LogP contribution in [0.3, 0.4) is 0 Å². The van der Waals surface area contributed by atoms with Crippen molar-refractivity contribution in [2.75, 3.05) is 13.2 Å². The highest BCUT2D eigenvalue weighted by molar-refractivity contribution is 5.44. The lowest BCUT2D eigenvalue weighted by Crippen LogP contribution is -2.17. The number of rotatable bonds is 3. The van der Waals surface area contributed by atoms with E-state index in [4.69, 9.17) is 15.2 Å². The van der Waals surface area contributed by atoms with E-state index in [2.05, 4.69) is 12.1 Å². The highest BCUT2D eigenvalue weighted by Gasteiger charge is 2.14. The molecule has 1 aliphatic rings. The van der Waals surface area contributed by atoms with Crippen LogP contribution in [0, 0.1) is 0 Å². The molecule has 0 unspecified atom stereocenters. The average Bonchev–Trinajstić information content (AvgIpc) is 2.48. The maximum Gasteiger partial charge on any atom is 0.161 e. The fourth-order valence-electron chi connectivity index (χ4n) is 2.28. The molecule has 0 aliphatic carbocycles. The number of hydrogen-bond acceptors (Lipinski definition) is 3. The first kappa shape index (κ1) is 12.1. The number of hydrogen-bond donors (Lipinski definition) is 1. The Bertz CT molecular complexity index is 554. The zero-order valence-electron chi connectivity index (χ0n) is 10.7. The Morgan fingerprint density at radius 3 is 2.47 bits per heavy atom. The predicted molar refractivity (Wildman–Crippen MR) is 74.5 cm³/mol. The second-order valence-electron chi connectivity index (χ2n) is 4.70. The molecule has 0 saturated heterocycles. The Hall–Kier alpha value is -2.00. The van der Waals surface area contributed by atoms with Crippen molar-refractivity contribution in [2.24, 2.45) is 5.73 Å². The molecule has 0 radical (unpaired) electrons. The summed E-state index contributed by atoms with van der Waals surface area (Å²) in [6.45, 7) is 1.22. The molecule has 0 aromatic heterocycles. The number of ether oxygens (including phenoxy) is 2. The minimum atomic E-state index is -0.0294. The van der Waals surface area contributed by atoms with Crippen molar-refractivity contribution in [1.29, 1.82) is 0 Å². The minimum absolute atomic E-state index is 0.0294. The molecule has 3 rings (SSSR count). The van der Waals surface area contributed by atoms with Crippen molar-refractivity contribution in [3.8, 4) is 11.5 Å². The third kappa shape index (κ3) is 2.71. The normalized spacial score (nSPS) is 15.0. The van der Waals surface area contributed by atoms with Gasteiger partial charge >= 0.3 is 0 Å². The molecule has 19 heavy (non-hydrogen) atoms. The zero-order chi connectivity index (χ0) is 13.1. The molecule has 0 amide bonds. The minimum Gasteiger partial charge on any atom is -0.486 e. The molecular formula is C16H17NO2. The lowest BCUT2D eigenvalue weighted by atomic mass is 9.99. The van der Waals surface area contributed by atoms with Gasteiger partial charge in [0.2, 0.25) is 0 Å². The molecule has 98 valence electrons. The van der Waals surface area contributed by atoms with Crippen molar-refractivity contribution in [2.45, 2.75) is 12.5 Å². The smallest absolute Gasteiger partial charge is 0.161 e. The quantitative estimate of drug-likeness (QED) is 0.917. The van der Waals surface area contributed by atoms with Gasteiger partial charge in [0, 0.05) is 6.04 Å². The Labute approximate surface area is 113 Å². The van der Waals surface area contributed by atoms with E-state index in [1.165, 1.54) is 5.56 Å². The molecule has 2 aromatic rings. The molecule has 3 nitrogen and oxygen atoms in total. The number of nitrogens with two attached hydrogens (primary N) is 1. The van der Waals surface area contributed by atoms with Crippen LogP contribution in [0.25, 0.3) is 0 Å². The van der Waals surface area contributed by atoms with E-state index in [1.54, 1.807) is 0 Å². The Morgan fingerprint density at radius 1 is 0.947 bits per heavy atom. The molecule has 0 spiro atoms. The standard InChI is InChI=1S/C16H17NO2/c17-14(10-12-4-2-1-3-5-12)13-6-7-15-16(11-13)19-9-8-18-15/h1-7,11,14H,8-10,17H2/t14-/m0/s1. The van der Waals surface area contributed by atoms with Crippen LogP contribution >= 0.6 is 0 Å². The van der Waals surface area contributed by atoms with Gasteiger partial charge in [-0.15, -0.1) is 0 Å². The van der Waals surface area contributed by atoms with Crippen LogP contribution in [0.15, 0.2) is 48.5 Å². The van der Waals surface area contributed by atoms with Crippen molar-refractivity contribution in [3.63, 3.8) is 0 Å². The molecule has 2 aromatic carbocycles. The second kappa shape index (κ2) is 5.33. The molecule has 0 fully saturated rings. The molecule has 2 N–H and O–H groups in total. The van der Waals surface area contributed by atoms with Crippen LogP contribution in [-0.2, 0) is 6.42 Å². The molecular weight excluding hydrogens is 238 g/mol. The molecule has 0 saturated carbocycles. The van der Waals surface area contributed by atoms with Crippen molar-refractivity contribution < 1.29 is 9.47 Å². The average molecular weight is 255 g/mol. The fourth-order valence-corrected chi connectivity index (χ4v) is 2.28. The van der Waals surface area contributed by atoms with Gasteiger partial charge in [0.05, 0.1) is 0 Å². The van der Waals surface area contributed by atoms with E-state index in [0.29, 0.717) is 13.2 Å². The second-order valence-corrected chi connectivity index (χ2v) is 4.70. The van der Waals surface area contributed by atoms with E-state index in [1.807, 2.05) is 36.4 Å². The summed E-state index contributed by atoms with van der Waals surface area (Å²) in [5, 5.41) is 0. The van der Waals surface area contributed by atoms with Crippen LogP contribution < -0.4 is 15.2 Å². The van der Waals surface area contributed by atoms with Crippen LogP contribution in [0.5, 0.6) is 11.5 Å². The Morgan fingerprint density at radius 2 is 1.68 bits per heavy atom. The largest absolute Gasteiger partial charge is 0.486 e. The fraction of sp³-hybridized carbons (Fsp3) is 0.250. The highest BCUT2D eigenvalue weighted by Crippen LogP contribution is 2.32. The third-order valence-corrected chi connectivity index (χ3v) is 3.29. The number of benzene rings is 2. The first-order chi connectivity index (χ1) is 9.33. The van der Waals surface area contributed by atoms with E-state index in [-0.39, 0.29) is 6.04 Å². The summed E-state index contributed by atoms with van der Waals surface area (Å²) in [6.07, 6.45) is 0.820. The zero-order valence-corrected chi connectivity index (χ0v) is 10.7. The van der Waals surface area contributed by atoms with Crippen molar-refractivity contribution in [1.82, 2.24) is 0 Å². The monoisotopic (exact) mass is 255 g/mol. The summed E-state index contributed by atoms with van der Waals surface area (Å²) < 4.78 is 11.1. The van der Waals surface area contributed by atoms with Crippen molar-refractivity contribution in [3.05, 3.63) is 59.7 Å². The molecule has 0 bridgehead atoms. The van der Waals surface area contributed by atoms with Crippen molar-refractivity contribution >= 4 is 0 Å². The van der Waals surface area contributed by atoms with Gasteiger partial charge in [-0.05, 0) is 29.7 Å². The van der Waals surface area contributed by atoms with Gasteiger partial charge in [-0.1, -0.05) is 36.4 Å². The van der Waals surface area contributed by atoms with Gasteiger partial charge in [-0.3, -0.25) is 0 Å². The lowest BCUT2D eigenvalue weighted by Gasteiger charge is -2.20. The summed E-state index contributed by atoms with van der Waals surface area (Å²) in [4.78, 5) is 0. The summed E-state index contributed by atoms with van der Waals surface area (Å²) in [5.74, 6) is 1.61. The Kier molecular flexibility index (Phi) is 3.38.